The molecule has 2 rings (SSSR count). The molecule has 2 heterocycles. The Labute approximate surface area is 113 Å². The molecule has 0 aromatic heterocycles. The van der Waals surface area contributed by atoms with Gasteiger partial charge in [-0.25, -0.2) is 4.79 Å². The van der Waals surface area contributed by atoms with Crippen LogP contribution in [-0.4, -0.2) is 66.8 Å². The molecule has 2 amide bonds. The first-order chi connectivity index (χ1) is 9.10. The Balaban J connectivity index is 1.70. The lowest BCUT2D eigenvalue weighted by Crippen LogP contribution is -2.56. The Kier molecular flexibility index (Phi) is 4.63. The van der Waals surface area contributed by atoms with Crippen molar-refractivity contribution < 1.29 is 19.4 Å². The highest BCUT2D eigenvalue weighted by molar-refractivity contribution is 5.76. The molecule has 2 aliphatic heterocycles. The third kappa shape index (κ3) is 3.59. The van der Waals surface area contributed by atoms with Crippen molar-refractivity contribution in [1.82, 2.24) is 9.80 Å². The number of methoxy groups -OCH3 is 1. The van der Waals surface area contributed by atoms with E-state index in [1.807, 2.05) is 4.90 Å². The first-order valence-corrected chi connectivity index (χ1v) is 6.84. The highest BCUT2D eigenvalue weighted by atomic mass is 16.5. The van der Waals surface area contributed by atoms with Crippen molar-refractivity contribution in [2.45, 2.75) is 19.3 Å². The summed E-state index contributed by atoms with van der Waals surface area (Å²) >= 11 is 0. The smallest absolute Gasteiger partial charge is 0.320 e. The second-order valence-electron chi connectivity index (χ2n) is 5.54. The Morgan fingerprint density at radius 3 is 2.32 bits per heavy atom. The summed E-state index contributed by atoms with van der Waals surface area (Å²) in [5.41, 5.74) is 0. The van der Waals surface area contributed by atoms with Crippen molar-refractivity contribution in [2.24, 2.45) is 11.8 Å². The van der Waals surface area contributed by atoms with Gasteiger partial charge in [-0.05, 0) is 18.8 Å². The maximum atomic E-state index is 12.1. The van der Waals surface area contributed by atoms with E-state index in [9.17, 15) is 9.59 Å². The number of ether oxygens (including phenoxy) is 1. The Morgan fingerprint density at radius 1 is 1.16 bits per heavy atom. The lowest BCUT2D eigenvalue weighted by Gasteiger charge is -2.43. The standard InChI is InChI=1S/C13H22N2O4/c1-19-9-10-2-4-14(5-3-10)13(18)15-7-11(8-15)6-12(16)17/h10-11H,2-9H2,1H3,(H,16,17). The number of hydrogen-bond donors (Lipinski definition) is 1. The zero-order valence-corrected chi connectivity index (χ0v) is 11.4. The third-order valence-electron chi connectivity index (χ3n) is 3.98. The molecule has 0 bridgehead atoms. The van der Waals surface area contributed by atoms with Gasteiger partial charge in [0.1, 0.15) is 0 Å². The van der Waals surface area contributed by atoms with Gasteiger partial charge in [-0.2, -0.15) is 0 Å². The van der Waals surface area contributed by atoms with Crippen molar-refractivity contribution in [3.63, 3.8) is 0 Å². The van der Waals surface area contributed by atoms with Gasteiger partial charge >= 0.3 is 12.0 Å². The average Bonchev–Trinajstić information content (AvgIpc) is 2.33. The van der Waals surface area contributed by atoms with Gasteiger partial charge in [-0.1, -0.05) is 0 Å². The van der Waals surface area contributed by atoms with Crippen molar-refractivity contribution in [3.05, 3.63) is 0 Å². The summed E-state index contributed by atoms with van der Waals surface area (Å²) in [6.45, 7) is 3.51. The minimum atomic E-state index is -0.780. The molecule has 2 fully saturated rings. The summed E-state index contributed by atoms with van der Waals surface area (Å²) in [4.78, 5) is 26.3. The number of nitrogens with zero attached hydrogens (tertiary/aromatic N) is 2. The zero-order valence-electron chi connectivity index (χ0n) is 11.4. The molecule has 108 valence electrons. The Bertz CT molecular complexity index is 334. The van der Waals surface area contributed by atoms with Gasteiger partial charge in [-0.3, -0.25) is 4.79 Å². The number of likely N-dealkylation sites (tertiary alicyclic amines) is 2. The number of carboxylic acid groups (broad SMARTS) is 1. The van der Waals surface area contributed by atoms with Crippen LogP contribution in [0.3, 0.4) is 0 Å². The van der Waals surface area contributed by atoms with Crippen molar-refractivity contribution in [2.75, 3.05) is 39.9 Å². The van der Waals surface area contributed by atoms with Gasteiger partial charge in [0, 0.05) is 45.8 Å². The first kappa shape index (κ1) is 14.1. The quantitative estimate of drug-likeness (QED) is 0.823. The van der Waals surface area contributed by atoms with Crippen LogP contribution < -0.4 is 0 Å². The molecular weight excluding hydrogens is 248 g/mol. The zero-order chi connectivity index (χ0) is 13.8. The van der Waals surface area contributed by atoms with E-state index in [0.717, 1.165) is 32.5 Å². The van der Waals surface area contributed by atoms with Crippen LogP contribution in [0.5, 0.6) is 0 Å². The predicted octanol–water partition coefficient (Wildman–Crippen LogP) is 0.871. The molecule has 0 aliphatic carbocycles. The minimum Gasteiger partial charge on any atom is -0.481 e. The van der Waals surface area contributed by atoms with E-state index in [0.29, 0.717) is 19.0 Å². The maximum Gasteiger partial charge on any atom is 0.320 e. The normalized spacial score (nSPS) is 21.3. The largest absolute Gasteiger partial charge is 0.481 e. The van der Waals surface area contributed by atoms with E-state index < -0.39 is 5.97 Å². The number of carbonyl (C=O) groups excluding carboxylic acids is 1. The summed E-state index contributed by atoms with van der Waals surface area (Å²) < 4.78 is 5.14. The molecule has 1 N–H and O–H groups in total. The van der Waals surface area contributed by atoms with Gasteiger partial charge in [0.05, 0.1) is 6.42 Å². The van der Waals surface area contributed by atoms with Crippen LogP contribution in [0.25, 0.3) is 0 Å². The first-order valence-electron chi connectivity index (χ1n) is 6.84. The van der Waals surface area contributed by atoms with Crippen LogP contribution in [0.4, 0.5) is 4.79 Å². The molecule has 6 heteroatoms. The molecule has 6 nitrogen and oxygen atoms in total. The van der Waals surface area contributed by atoms with Crippen molar-refractivity contribution in [3.8, 4) is 0 Å². The summed E-state index contributed by atoms with van der Waals surface area (Å²) in [7, 11) is 1.71. The molecule has 0 radical (unpaired) electrons. The van der Waals surface area contributed by atoms with E-state index in [4.69, 9.17) is 9.84 Å². The number of amides is 2. The van der Waals surface area contributed by atoms with Crippen LogP contribution in [0.2, 0.25) is 0 Å². The third-order valence-corrected chi connectivity index (χ3v) is 3.98. The lowest BCUT2D eigenvalue weighted by atomic mass is 9.95. The van der Waals surface area contributed by atoms with E-state index in [1.165, 1.54) is 0 Å². The number of carboxylic acids is 1. The van der Waals surface area contributed by atoms with Crippen LogP contribution >= 0.6 is 0 Å². The van der Waals surface area contributed by atoms with Crippen molar-refractivity contribution in [1.29, 1.82) is 0 Å². The predicted molar refractivity (Wildman–Crippen MR) is 68.9 cm³/mol. The van der Waals surface area contributed by atoms with Crippen LogP contribution in [-0.2, 0) is 9.53 Å². The topological polar surface area (TPSA) is 70.1 Å². The SMILES string of the molecule is COCC1CCN(C(=O)N2CC(CC(=O)O)C2)CC1. The molecule has 0 saturated carbocycles. The van der Waals surface area contributed by atoms with Crippen LogP contribution in [0.15, 0.2) is 0 Å². The summed E-state index contributed by atoms with van der Waals surface area (Å²) in [6, 6.07) is 0.0671. The van der Waals surface area contributed by atoms with Crippen LogP contribution in [0.1, 0.15) is 19.3 Å². The molecule has 0 aromatic rings. The molecule has 2 aliphatic rings. The Morgan fingerprint density at radius 2 is 1.79 bits per heavy atom. The maximum absolute atomic E-state index is 12.1. The minimum absolute atomic E-state index is 0.0671. The van der Waals surface area contributed by atoms with E-state index in [1.54, 1.807) is 12.0 Å². The number of urea groups is 1. The Hall–Kier alpha value is -1.30. The van der Waals surface area contributed by atoms with E-state index in [-0.39, 0.29) is 18.4 Å². The lowest BCUT2D eigenvalue weighted by molar-refractivity contribution is -0.139. The molecule has 19 heavy (non-hydrogen) atoms. The highest BCUT2D eigenvalue weighted by Gasteiger charge is 2.35. The average molecular weight is 270 g/mol. The number of rotatable bonds is 4. The van der Waals surface area contributed by atoms with Gasteiger partial charge in [0.25, 0.3) is 0 Å². The fourth-order valence-electron chi connectivity index (χ4n) is 2.83. The molecule has 2 saturated heterocycles. The van der Waals surface area contributed by atoms with E-state index in [2.05, 4.69) is 0 Å². The fourth-order valence-corrected chi connectivity index (χ4v) is 2.83. The number of piperidine rings is 1. The second-order valence-corrected chi connectivity index (χ2v) is 5.54. The summed E-state index contributed by atoms with van der Waals surface area (Å²) in [5, 5.41) is 8.68. The molecule has 0 spiro atoms. The fraction of sp³-hybridized carbons (Fsp3) is 0.846. The molecule has 0 unspecified atom stereocenters. The summed E-state index contributed by atoms with van der Waals surface area (Å²) in [5.74, 6) is -0.0878. The van der Waals surface area contributed by atoms with Gasteiger partial charge in [0.15, 0.2) is 0 Å². The van der Waals surface area contributed by atoms with Gasteiger partial charge in [0.2, 0.25) is 0 Å². The number of hydrogen-bond acceptors (Lipinski definition) is 3. The van der Waals surface area contributed by atoms with Gasteiger partial charge in [-0.15, -0.1) is 0 Å². The number of carbonyl (C=O) groups is 2. The molecule has 0 aromatic carbocycles. The van der Waals surface area contributed by atoms with E-state index >= 15 is 0 Å². The van der Waals surface area contributed by atoms with Crippen molar-refractivity contribution >= 4 is 12.0 Å². The molecular formula is C13H22N2O4. The monoisotopic (exact) mass is 270 g/mol. The second kappa shape index (κ2) is 6.23. The number of aliphatic carboxylic acids is 1. The van der Waals surface area contributed by atoms with Crippen LogP contribution in [0, 0.1) is 11.8 Å². The highest BCUT2D eigenvalue weighted by Crippen LogP contribution is 2.23. The molecule has 0 atom stereocenters. The summed E-state index contributed by atoms with van der Waals surface area (Å²) in [6.07, 6.45) is 2.15. The van der Waals surface area contributed by atoms with Gasteiger partial charge < -0.3 is 19.6 Å².